The zero-order valence-electron chi connectivity index (χ0n) is 13.6. The Hall–Kier alpha value is -2.67. The highest BCUT2D eigenvalue weighted by atomic mass is 32.2. The van der Waals surface area contributed by atoms with Crippen LogP contribution in [-0.2, 0) is 10.0 Å². The Balaban J connectivity index is 1.70. The van der Waals surface area contributed by atoms with Crippen molar-refractivity contribution in [1.82, 2.24) is 4.98 Å². The first-order chi connectivity index (χ1) is 11.9. The van der Waals surface area contributed by atoms with Gasteiger partial charge in [-0.05, 0) is 43.3 Å². The second kappa shape index (κ2) is 7.06. The third-order valence-corrected chi connectivity index (χ3v) is 4.78. The first kappa shape index (κ1) is 17.2. The van der Waals surface area contributed by atoms with Crippen molar-refractivity contribution in [2.45, 2.75) is 6.92 Å². The second-order valence-electron chi connectivity index (χ2n) is 5.55. The van der Waals surface area contributed by atoms with Crippen molar-refractivity contribution < 1.29 is 17.5 Å². The fraction of sp³-hybridized carbons (Fsp3) is 0.167. The summed E-state index contributed by atoms with van der Waals surface area (Å²) in [6.45, 7) is 1.77. The van der Waals surface area contributed by atoms with Crippen LogP contribution in [0, 0.1) is 12.7 Å². The van der Waals surface area contributed by atoms with Crippen molar-refractivity contribution >= 4 is 26.6 Å². The lowest BCUT2D eigenvalue weighted by atomic mass is 10.2. The van der Waals surface area contributed by atoms with Gasteiger partial charge >= 0.3 is 0 Å². The Morgan fingerprint density at radius 2 is 1.84 bits per heavy atom. The predicted octanol–water partition coefficient (Wildman–Crippen LogP) is 3.50. The lowest BCUT2D eigenvalue weighted by Crippen LogP contribution is -2.21. The van der Waals surface area contributed by atoms with E-state index in [1.807, 2.05) is 31.2 Å². The maximum absolute atomic E-state index is 12.8. The van der Waals surface area contributed by atoms with Crippen LogP contribution in [0.3, 0.4) is 0 Å². The SMILES string of the molecule is Cc1cc(NS(=O)(=O)CCOc2ccc(F)cc2)c2ccccc2n1. The van der Waals surface area contributed by atoms with Gasteiger partial charge in [-0.15, -0.1) is 0 Å². The fourth-order valence-corrected chi connectivity index (χ4v) is 3.32. The van der Waals surface area contributed by atoms with Crippen LogP contribution < -0.4 is 9.46 Å². The molecule has 0 aliphatic rings. The summed E-state index contributed by atoms with van der Waals surface area (Å²) < 4.78 is 45.4. The van der Waals surface area contributed by atoms with Crippen LogP contribution in [0.15, 0.2) is 54.6 Å². The van der Waals surface area contributed by atoms with Gasteiger partial charge in [0.2, 0.25) is 10.0 Å². The van der Waals surface area contributed by atoms with E-state index in [-0.39, 0.29) is 18.2 Å². The molecule has 0 saturated carbocycles. The van der Waals surface area contributed by atoms with Crippen molar-refractivity contribution in [2.75, 3.05) is 17.1 Å². The van der Waals surface area contributed by atoms with Crippen molar-refractivity contribution in [2.24, 2.45) is 0 Å². The van der Waals surface area contributed by atoms with Crippen LogP contribution in [0.5, 0.6) is 5.75 Å². The Morgan fingerprint density at radius 3 is 2.60 bits per heavy atom. The topological polar surface area (TPSA) is 68.3 Å². The Labute approximate surface area is 145 Å². The molecule has 0 spiro atoms. The molecule has 1 aromatic heterocycles. The van der Waals surface area contributed by atoms with Gasteiger partial charge < -0.3 is 4.74 Å². The lowest BCUT2D eigenvalue weighted by molar-refractivity contribution is 0.340. The van der Waals surface area contributed by atoms with E-state index in [1.165, 1.54) is 24.3 Å². The van der Waals surface area contributed by atoms with E-state index in [1.54, 1.807) is 6.07 Å². The highest BCUT2D eigenvalue weighted by Crippen LogP contribution is 2.24. The molecule has 0 atom stereocenters. The lowest BCUT2D eigenvalue weighted by Gasteiger charge is -2.12. The molecule has 0 fully saturated rings. The van der Waals surface area contributed by atoms with Gasteiger partial charge in [0.15, 0.2) is 0 Å². The average molecular weight is 360 g/mol. The summed E-state index contributed by atoms with van der Waals surface area (Å²) in [6.07, 6.45) is 0. The summed E-state index contributed by atoms with van der Waals surface area (Å²) in [7, 11) is -3.60. The minimum atomic E-state index is -3.60. The molecule has 130 valence electrons. The van der Waals surface area contributed by atoms with Gasteiger partial charge in [-0.25, -0.2) is 12.8 Å². The van der Waals surface area contributed by atoms with Gasteiger partial charge in [-0.1, -0.05) is 18.2 Å². The minimum absolute atomic E-state index is 0.0387. The van der Waals surface area contributed by atoms with Crippen LogP contribution in [0.2, 0.25) is 0 Å². The van der Waals surface area contributed by atoms with E-state index in [4.69, 9.17) is 4.74 Å². The smallest absolute Gasteiger partial charge is 0.236 e. The van der Waals surface area contributed by atoms with Crippen molar-refractivity contribution in [3.63, 3.8) is 0 Å². The Morgan fingerprint density at radius 1 is 1.12 bits per heavy atom. The van der Waals surface area contributed by atoms with E-state index in [2.05, 4.69) is 9.71 Å². The van der Waals surface area contributed by atoms with Crippen LogP contribution in [0.4, 0.5) is 10.1 Å². The minimum Gasteiger partial charge on any atom is -0.492 e. The van der Waals surface area contributed by atoms with Crippen molar-refractivity contribution in [1.29, 1.82) is 0 Å². The number of anilines is 1. The molecule has 3 aromatic rings. The number of aromatic nitrogens is 1. The average Bonchev–Trinajstić information content (AvgIpc) is 2.56. The molecular formula is C18H17FN2O3S. The molecule has 1 heterocycles. The number of aryl methyl sites for hydroxylation is 1. The number of nitrogens with one attached hydrogen (secondary N) is 1. The Kier molecular flexibility index (Phi) is 4.85. The number of para-hydroxylation sites is 1. The number of benzene rings is 2. The van der Waals surface area contributed by atoms with Gasteiger partial charge in [0, 0.05) is 11.1 Å². The summed E-state index contributed by atoms with van der Waals surface area (Å²) in [5.74, 6) is -0.177. The number of sulfonamides is 1. The van der Waals surface area contributed by atoms with Gasteiger partial charge in [-0.3, -0.25) is 9.71 Å². The molecule has 0 unspecified atom stereocenters. The van der Waals surface area contributed by atoms with Crippen LogP contribution in [-0.4, -0.2) is 25.8 Å². The zero-order chi connectivity index (χ0) is 17.9. The van der Waals surface area contributed by atoms with Gasteiger partial charge in [0.1, 0.15) is 23.9 Å². The van der Waals surface area contributed by atoms with Crippen LogP contribution in [0.1, 0.15) is 5.69 Å². The molecule has 0 aliphatic heterocycles. The molecule has 0 amide bonds. The monoisotopic (exact) mass is 360 g/mol. The zero-order valence-corrected chi connectivity index (χ0v) is 14.4. The first-order valence-corrected chi connectivity index (χ1v) is 9.33. The molecule has 3 rings (SSSR count). The summed E-state index contributed by atoms with van der Waals surface area (Å²) >= 11 is 0. The molecule has 0 bridgehead atoms. The number of rotatable bonds is 6. The molecule has 5 nitrogen and oxygen atoms in total. The number of fused-ring (bicyclic) bond motifs is 1. The maximum atomic E-state index is 12.8. The number of nitrogens with zero attached hydrogens (tertiary/aromatic N) is 1. The van der Waals surface area contributed by atoms with E-state index in [9.17, 15) is 12.8 Å². The molecule has 0 saturated heterocycles. The normalized spacial score (nSPS) is 11.4. The number of ether oxygens (including phenoxy) is 1. The standard InChI is InChI=1S/C18H17FN2O3S/c1-13-12-18(16-4-2-3-5-17(16)20-13)21-25(22,23)11-10-24-15-8-6-14(19)7-9-15/h2-9,12H,10-11H2,1H3,(H,20,21). The quantitative estimate of drug-likeness (QED) is 0.730. The van der Waals surface area contributed by atoms with E-state index in [0.29, 0.717) is 11.4 Å². The second-order valence-corrected chi connectivity index (χ2v) is 7.39. The molecule has 1 N–H and O–H groups in total. The third kappa shape index (κ3) is 4.45. The van der Waals surface area contributed by atoms with E-state index in [0.717, 1.165) is 16.6 Å². The van der Waals surface area contributed by atoms with Crippen molar-refractivity contribution in [3.8, 4) is 5.75 Å². The van der Waals surface area contributed by atoms with Gasteiger partial charge in [0.25, 0.3) is 0 Å². The third-order valence-electron chi connectivity index (χ3n) is 3.54. The first-order valence-electron chi connectivity index (χ1n) is 7.68. The fourth-order valence-electron chi connectivity index (χ4n) is 2.41. The van der Waals surface area contributed by atoms with Crippen molar-refractivity contribution in [3.05, 3.63) is 66.1 Å². The molecule has 7 heteroatoms. The van der Waals surface area contributed by atoms with Gasteiger partial charge in [0.05, 0.1) is 11.2 Å². The highest BCUT2D eigenvalue weighted by Gasteiger charge is 2.14. The number of hydrogen-bond donors (Lipinski definition) is 1. The molecule has 2 aromatic carbocycles. The summed E-state index contributed by atoms with van der Waals surface area (Å²) in [4.78, 5) is 4.39. The highest BCUT2D eigenvalue weighted by molar-refractivity contribution is 7.92. The van der Waals surface area contributed by atoms with E-state index < -0.39 is 10.0 Å². The van der Waals surface area contributed by atoms with E-state index >= 15 is 0 Å². The number of hydrogen-bond acceptors (Lipinski definition) is 4. The molecule has 0 aliphatic carbocycles. The predicted molar refractivity (Wildman–Crippen MR) is 95.8 cm³/mol. The van der Waals surface area contributed by atoms with Crippen LogP contribution >= 0.6 is 0 Å². The number of halogens is 1. The van der Waals surface area contributed by atoms with Gasteiger partial charge in [-0.2, -0.15) is 0 Å². The maximum Gasteiger partial charge on any atom is 0.236 e. The summed E-state index contributed by atoms with van der Waals surface area (Å²) in [6, 6.07) is 14.4. The summed E-state index contributed by atoms with van der Waals surface area (Å²) in [5.41, 5.74) is 1.94. The Bertz CT molecular complexity index is 989. The summed E-state index contributed by atoms with van der Waals surface area (Å²) in [5, 5.41) is 0.733. The van der Waals surface area contributed by atoms with Crippen LogP contribution in [0.25, 0.3) is 10.9 Å². The number of pyridine rings is 1. The molecule has 25 heavy (non-hydrogen) atoms. The molecule has 0 radical (unpaired) electrons. The largest absolute Gasteiger partial charge is 0.492 e. The molecular weight excluding hydrogens is 343 g/mol.